The summed E-state index contributed by atoms with van der Waals surface area (Å²) >= 11 is 0. The summed E-state index contributed by atoms with van der Waals surface area (Å²) in [6, 6.07) is 9.50. The summed E-state index contributed by atoms with van der Waals surface area (Å²) in [5, 5.41) is 0. The molecule has 0 unspecified atom stereocenters. The molecule has 0 atom stereocenters. The second-order valence-corrected chi connectivity index (χ2v) is 7.42. The van der Waals surface area contributed by atoms with E-state index in [1.165, 1.54) is 0 Å². The van der Waals surface area contributed by atoms with E-state index in [1.54, 1.807) is 6.07 Å². The molecule has 4 heteroatoms. The van der Waals surface area contributed by atoms with Crippen molar-refractivity contribution in [2.75, 3.05) is 4.72 Å². The van der Waals surface area contributed by atoms with Crippen molar-refractivity contribution in [1.82, 2.24) is 0 Å². The first-order valence-corrected chi connectivity index (χ1v) is 8.93. The van der Waals surface area contributed by atoms with E-state index in [0.29, 0.717) is 10.6 Å². The third-order valence-electron chi connectivity index (χ3n) is 4.06. The van der Waals surface area contributed by atoms with Crippen LogP contribution in [0, 0.1) is 27.7 Å². The van der Waals surface area contributed by atoms with Gasteiger partial charge in [0, 0.05) is 0 Å². The van der Waals surface area contributed by atoms with Crippen molar-refractivity contribution in [3.8, 4) is 0 Å². The maximum Gasteiger partial charge on any atom is 0.262 e. The monoisotopic (exact) mass is 317 g/mol. The van der Waals surface area contributed by atoms with Crippen molar-refractivity contribution in [1.29, 1.82) is 0 Å². The summed E-state index contributed by atoms with van der Waals surface area (Å²) in [4.78, 5) is 0.348. The molecule has 22 heavy (non-hydrogen) atoms. The number of hydrogen-bond donors (Lipinski definition) is 1. The minimum Gasteiger partial charge on any atom is -0.279 e. The van der Waals surface area contributed by atoms with E-state index >= 15 is 0 Å². The topological polar surface area (TPSA) is 46.2 Å². The van der Waals surface area contributed by atoms with Gasteiger partial charge in [0.15, 0.2) is 0 Å². The summed E-state index contributed by atoms with van der Waals surface area (Å²) in [5.74, 6) is 0. The molecule has 0 spiro atoms. The molecule has 0 bridgehead atoms. The van der Waals surface area contributed by atoms with Gasteiger partial charge in [-0.25, -0.2) is 8.42 Å². The molecule has 0 amide bonds. The summed E-state index contributed by atoms with van der Waals surface area (Å²) in [7, 11) is -3.59. The molecular weight excluding hydrogens is 294 g/mol. The lowest BCUT2D eigenvalue weighted by molar-refractivity contribution is 0.600. The second-order valence-electron chi connectivity index (χ2n) is 5.77. The van der Waals surface area contributed by atoms with E-state index in [9.17, 15) is 8.42 Å². The van der Waals surface area contributed by atoms with Crippen molar-refractivity contribution >= 4 is 15.7 Å². The van der Waals surface area contributed by atoms with Gasteiger partial charge in [0.25, 0.3) is 10.0 Å². The molecule has 118 valence electrons. The van der Waals surface area contributed by atoms with Crippen LogP contribution in [-0.2, 0) is 16.4 Å². The Bertz CT molecular complexity index is 808. The van der Waals surface area contributed by atoms with Crippen molar-refractivity contribution in [2.24, 2.45) is 0 Å². The summed E-state index contributed by atoms with van der Waals surface area (Å²) in [6.45, 7) is 9.69. The van der Waals surface area contributed by atoms with Gasteiger partial charge in [-0.3, -0.25) is 4.72 Å². The zero-order valence-electron chi connectivity index (χ0n) is 13.8. The lowest BCUT2D eigenvalue weighted by Gasteiger charge is -2.16. The van der Waals surface area contributed by atoms with Gasteiger partial charge in [-0.1, -0.05) is 31.2 Å². The van der Waals surface area contributed by atoms with Crippen LogP contribution in [0.25, 0.3) is 0 Å². The number of benzene rings is 2. The van der Waals surface area contributed by atoms with E-state index in [2.05, 4.69) is 4.72 Å². The van der Waals surface area contributed by atoms with Gasteiger partial charge in [0.1, 0.15) is 0 Å². The predicted octanol–water partition coefficient (Wildman–Crippen LogP) is 4.28. The number of anilines is 1. The molecule has 0 saturated carbocycles. The van der Waals surface area contributed by atoms with Crippen LogP contribution in [0.4, 0.5) is 5.69 Å². The predicted molar refractivity (Wildman–Crippen MR) is 92.0 cm³/mol. The lowest BCUT2D eigenvalue weighted by Crippen LogP contribution is -2.16. The first kappa shape index (κ1) is 16.6. The van der Waals surface area contributed by atoms with Gasteiger partial charge in [-0.15, -0.1) is 0 Å². The SMILES string of the molecule is CCc1cccc(C)c1NS(=O)(=O)c1cc(C)c(C)cc1C. The zero-order chi connectivity index (χ0) is 16.5. The molecule has 0 saturated heterocycles. The molecular formula is C18H23NO2S. The fourth-order valence-corrected chi connectivity index (χ4v) is 4.07. The van der Waals surface area contributed by atoms with Gasteiger partial charge >= 0.3 is 0 Å². The van der Waals surface area contributed by atoms with Crippen LogP contribution >= 0.6 is 0 Å². The van der Waals surface area contributed by atoms with Crippen molar-refractivity contribution in [2.45, 2.75) is 45.9 Å². The van der Waals surface area contributed by atoms with Crippen molar-refractivity contribution < 1.29 is 8.42 Å². The van der Waals surface area contributed by atoms with Crippen LogP contribution < -0.4 is 4.72 Å². The van der Waals surface area contributed by atoms with Crippen molar-refractivity contribution in [3.05, 3.63) is 58.1 Å². The van der Waals surface area contributed by atoms with E-state index in [0.717, 1.165) is 34.2 Å². The quantitative estimate of drug-likeness (QED) is 0.914. The highest BCUT2D eigenvalue weighted by atomic mass is 32.2. The summed E-state index contributed by atoms with van der Waals surface area (Å²) in [6.07, 6.45) is 0.783. The van der Waals surface area contributed by atoms with E-state index in [-0.39, 0.29) is 0 Å². The molecule has 0 aliphatic rings. The molecule has 0 radical (unpaired) electrons. The average Bonchev–Trinajstić information content (AvgIpc) is 2.44. The number of aryl methyl sites for hydroxylation is 5. The molecule has 0 aliphatic carbocycles. The Labute approximate surface area is 133 Å². The zero-order valence-corrected chi connectivity index (χ0v) is 14.6. The molecule has 3 nitrogen and oxygen atoms in total. The van der Waals surface area contributed by atoms with Crippen molar-refractivity contribution in [3.63, 3.8) is 0 Å². The smallest absolute Gasteiger partial charge is 0.262 e. The summed E-state index contributed by atoms with van der Waals surface area (Å²) < 4.78 is 28.4. The molecule has 0 fully saturated rings. The van der Waals surface area contributed by atoms with Crippen LogP contribution in [-0.4, -0.2) is 8.42 Å². The van der Waals surface area contributed by atoms with Gasteiger partial charge in [0.05, 0.1) is 10.6 Å². The van der Waals surface area contributed by atoms with E-state index in [1.807, 2.05) is 58.9 Å². The number of rotatable bonds is 4. The Morgan fingerprint density at radius 1 is 0.909 bits per heavy atom. The Morgan fingerprint density at radius 2 is 1.55 bits per heavy atom. The van der Waals surface area contributed by atoms with Gasteiger partial charge < -0.3 is 0 Å². The Hall–Kier alpha value is -1.81. The standard InChI is InChI=1S/C18H23NO2S/c1-6-16-9-7-8-12(2)18(16)19-22(20,21)17-11-14(4)13(3)10-15(17)5/h7-11,19H,6H2,1-5H3. The largest absolute Gasteiger partial charge is 0.279 e. The third kappa shape index (κ3) is 3.17. The number of para-hydroxylation sites is 1. The number of sulfonamides is 1. The third-order valence-corrected chi connectivity index (χ3v) is 5.55. The molecule has 0 aliphatic heterocycles. The second kappa shape index (κ2) is 6.13. The fraction of sp³-hybridized carbons (Fsp3) is 0.333. The molecule has 2 aromatic rings. The highest BCUT2D eigenvalue weighted by Crippen LogP contribution is 2.27. The van der Waals surface area contributed by atoms with E-state index in [4.69, 9.17) is 0 Å². The maximum atomic E-state index is 12.8. The van der Waals surface area contributed by atoms with Gasteiger partial charge in [0.2, 0.25) is 0 Å². The van der Waals surface area contributed by atoms with Crippen LogP contribution in [0.1, 0.15) is 34.7 Å². The fourth-order valence-electron chi connectivity index (χ4n) is 2.58. The Balaban J connectivity index is 2.52. The first-order chi connectivity index (χ1) is 10.3. The van der Waals surface area contributed by atoms with Gasteiger partial charge in [-0.2, -0.15) is 0 Å². The average molecular weight is 317 g/mol. The molecule has 2 rings (SSSR count). The van der Waals surface area contributed by atoms with Crippen LogP contribution in [0.15, 0.2) is 35.2 Å². The highest BCUT2D eigenvalue weighted by Gasteiger charge is 2.20. The Morgan fingerprint density at radius 3 is 2.18 bits per heavy atom. The van der Waals surface area contributed by atoms with E-state index < -0.39 is 10.0 Å². The molecule has 1 N–H and O–H groups in total. The molecule has 0 aromatic heterocycles. The highest BCUT2D eigenvalue weighted by molar-refractivity contribution is 7.92. The van der Waals surface area contributed by atoms with Gasteiger partial charge in [-0.05, 0) is 68.0 Å². The maximum absolute atomic E-state index is 12.8. The summed E-state index contributed by atoms with van der Waals surface area (Å²) in [5.41, 5.74) is 5.48. The molecule has 0 heterocycles. The van der Waals surface area contributed by atoms with Crippen LogP contribution in [0.3, 0.4) is 0 Å². The number of nitrogens with one attached hydrogen (secondary N) is 1. The van der Waals surface area contributed by atoms with Crippen LogP contribution in [0.5, 0.6) is 0 Å². The molecule has 2 aromatic carbocycles. The lowest BCUT2D eigenvalue weighted by atomic mass is 10.1. The number of hydrogen-bond acceptors (Lipinski definition) is 2. The van der Waals surface area contributed by atoms with Crippen LogP contribution in [0.2, 0.25) is 0 Å². The first-order valence-electron chi connectivity index (χ1n) is 7.45. The Kier molecular flexibility index (Phi) is 4.61. The minimum absolute atomic E-state index is 0.348. The minimum atomic E-state index is -3.59. The normalized spacial score (nSPS) is 11.5.